The molecule has 2 atom stereocenters. The number of methoxy groups -OCH3 is 2. The van der Waals surface area contributed by atoms with Crippen LogP contribution in [-0.2, 0) is 4.79 Å². The standard InChI is InChI=1S/C20H20O6/c1-24-17-6-5-13(10-18(17)25-2)19-15(11-22)14-8-12(4-3-7-21)9-16(23)20(14)26-19/h3-10,15,19,22-23H,11H2,1-2H3/b4-3+/t15-,19-/m0/s1. The number of aldehydes is 1. The molecule has 0 spiro atoms. The van der Waals surface area contributed by atoms with Crippen LogP contribution in [0.15, 0.2) is 36.4 Å². The highest BCUT2D eigenvalue weighted by Gasteiger charge is 2.37. The first kappa shape index (κ1) is 17.8. The Hall–Kier alpha value is -2.99. The minimum Gasteiger partial charge on any atom is -0.504 e. The van der Waals surface area contributed by atoms with Crippen LogP contribution in [-0.4, -0.2) is 37.3 Å². The third-order valence-corrected chi connectivity index (χ3v) is 4.43. The number of aliphatic hydroxyl groups is 1. The van der Waals surface area contributed by atoms with Crippen molar-refractivity contribution in [3.05, 3.63) is 53.1 Å². The summed E-state index contributed by atoms with van der Waals surface area (Å²) in [6.07, 6.45) is 3.12. The van der Waals surface area contributed by atoms with Gasteiger partial charge in [-0.2, -0.15) is 0 Å². The molecule has 0 saturated carbocycles. The third-order valence-electron chi connectivity index (χ3n) is 4.43. The summed E-state index contributed by atoms with van der Waals surface area (Å²) >= 11 is 0. The lowest BCUT2D eigenvalue weighted by Gasteiger charge is -2.19. The average Bonchev–Trinajstić information content (AvgIpc) is 3.04. The third kappa shape index (κ3) is 3.11. The molecule has 0 aromatic heterocycles. The highest BCUT2D eigenvalue weighted by Crippen LogP contribution is 2.51. The number of allylic oxidation sites excluding steroid dienone is 1. The minimum absolute atomic E-state index is 0.0329. The Morgan fingerprint density at radius 1 is 1.15 bits per heavy atom. The molecular weight excluding hydrogens is 336 g/mol. The highest BCUT2D eigenvalue weighted by molar-refractivity contribution is 5.75. The maximum Gasteiger partial charge on any atom is 0.165 e. The topological polar surface area (TPSA) is 85.2 Å². The molecule has 26 heavy (non-hydrogen) atoms. The maximum atomic E-state index is 10.5. The van der Waals surface area contributed by atoms with Crippen molar-refractivity contribution in [1.29, 1.82) is 0 Å². The van der Waals surface area contributed by atoms with E-state index in [1.807, 2.05) is 6.07 Å². The Balaban J connectivity index is 2.02. The molecule has 2 aromatic carbocycles. The van der Waals surface area contributed by atoms with Gasteiger partial charge in [-0.1, -0.05) is 12.1 Å². The molecule has 0 saturated heterocycles. The van der Waals surface area contributed by atoms with E-state index >= 15 is 0 Å². The molecule has 2 aromatic rings. The van der Waals surface area contributed by atoms with Crippen molar-refractivity contribution in [1.82, 2.24) is 0 Å². The Bertz CT molecular complexity index is 842. The van der Waals surface area contributed by atoms with Crippen molar-refractivity contribution in [2.24, 2.45) is 0 Å². The highest BCUT2D eigenvalue weighted by atomic mass is 16.5. The van der Waals surface area contributed by atoms with Gasteiger partial charge in [0.05, 0.1) is 26.7 Å². The number of hydrogen-bond donors (Lipinski definition) is 2. The predicted octanol–water partition coefficient (Wildman–Crippen LogP) is 2.83. The number of phenolic OH excluding ortho intramolecular Hbond substituents is 1. The summed E-state index contributed by atoms with van der Waals surface area (Å²) in [4.78, 5) is 10.5. The number of aliphatic hydroxyl groups excluding tert-OH is 1. The molecule has 0 fully saturated rings. The van der Waals surface area contributed by atoms with Crippen molar-refractivity contribution in [3.8, 4) is 23.0 Å². The molecule has 1 aliphatic rings. The molecule has 6 heteroatoms. The maximum absolute atomic E-state index is 10.5. The molecule has 6 nitrogen and oxygen atoms in total. The Kier molecular flexibility index (Phi) is 5.14. The second kappa shape index (κ2) is 7.49. The average molecular weight is 356 g/mol. The van der Waals surface area contributed by atoms with Gasteiger partial charge in [0.1, 0.15) is 12.4 Å². The fourth-order valence-corrected chi connectivity index (χ4v) is 3.20. The van der Waals surface area contributed by atoms with E-state index in [1.54, 1.807) is 38.5 Å². The fourth-order valence-electron chi connectivity index (χ4n) is 3.20. The summed E-state index contributed by atoms with van der Waals surface area (Å²) in [5.41, 5.74) is 2.14. The SMILES string of the molecule is COc1ccc([C@@H]2Oc3c(O)cc(/C=C/C=O)cc3[C@@H]2CO)cc1OC. The van der Waals surface area contributed by atoms with Crippen LogP contribution >= 0.6 is 0 Å². The van der Waals surface area contributed by atoms with Gasteiger partial charge < -0.3 is 24.4 Å². The summed E-state index contributed by atoms with van der Waals surface area (Å²) in [5.74, 6) is 1.09. The van der Waals surface area contributed by atoms with E-state index in [0.29, 0.717) is 34.7 Å². The van der Waals surface area contributed by atoms with E-state index in [2.05, 4.69) is 0 Å². The zero-order chi connectivity index (χ0) is 18.7. The van der Waals surface area contributed by atoms with Crippen LogP contribution in [0.4, 0.5) is 0 Å². The second-order valence-corrected chi connectivity index (χ2v) is 5.90. The van der Waals surface area contributed by atoms with E-state index in [1.165, 1.54) is 12.1 Å². The molecule has 3 rings (SSSR count). The normalized spacial score (nSPS) is 18.4. The predicted molar refractivity (Wildman–Crippen MR) is 95.9 cm³/mol. The number of ether oxygens (including phenoxy) is 3. The Labute approximate surface area is 151 Å². The van der Waals surface area contributed by atoms with Crippen LogP contribution in [0.1, 0.15) is 28.7 Å². The van der Waals surface area contributed by atoms with E-state index in [9.17, 15) is 15.0 Å². The van der Waals surface area contributed by atoms with Gasteiger partial charge in [-0.25, -0.2) is 0 Å². The lowest BCUT2D eigenvalue weighted by molar-refractivity contribution is -0.104. The molecule has 2 N–H and O–H groups in total. The minimum atomic E-state index is -0.481. The first-order chi connectivity index (χ1) is 12.6. The zero-order valence-corrected chi connectivity index (χ0v) is 14.5. The van der Waals surface area contributed by atoms with Gasteiger partial charge >= 0.3 is 0 Å². The molecule has 0 aliphatic carbocycles. The molecular formula is C20H20O6. The van der Waals surface area contributed by atoms with Crippen molar-refractivity contribution >= 4 is 12.4 Å². The first-order valence-electron chi connectivity index (χ1n) is 8.11. The molecule has 1 heterocycles. The number of carbonyl (C=O) groups excluding carboxylic acids is 1. The van der Waals surface area contributed by atoms with E-state index in [4.69, 9.17) is 14.2 Å². The number of aromatic hydroxyl groups is 1. The number of fused-ring (bicyclic) bond motifs is 1. The molecule has 0 bridgehead atoms. The molecule has 0 amide bonds. The van der Waals surface area contributed by atoms with Crippen LogP contribution in [0.3, 0.4) is 0 Å². The number of phenols is 1. The summed E-state index contributed by atoms with van der Waals surface area (Å²) < 4.78 is 16.5. The van der Waals surface area contributed by atoms with Gasteiger partial charge in [0, 0.05) is 5.56 Å². The van der Waals surface area contributed by atoms with Gasteiger partial charge in [-0.3, -0.25) is 4.79 Å². The van der Waals surface area contributed by atoms with Gasteiger partial charge in [-0.15, -0.1) is 0 Å². The second-order valence-electron chi connectivity index (χ2n) is 5.90. The van der Waals surface area contributed by atoms with Crippen molar-refractivity contribution in [2.75, 3.05) is 20.8 Å². The number of benzene rings is 2. The first-order valence-corrected chi connectivity index (χ1v) is 8.11. The van der Waals surface area contributed by atoms with Crippen LogP contribution in [0.2, 0.25) is 0 Å². The van der Waals surface area contributed by atoms with Crippen molar-refractivity contribution < 1.29 is 29.2 Å². The van der Waals surface area contributed by atoms with Gasteiger partial charge in [0.2, 0.25) is 0 Å². The smallest absolute Gasteiger partial charge is 0.165 e. The molecule has 0 unspecified atom stereocenters. The van der Waals surface area contributed by atoms with E-state index in [0.717, 1.165) is 5.56 Å². The summed E-state index contributed by atoms with van der Waals surface area (Å²) in [7, 11) is 3.11. The number of rotatable bonds is 6. The van der Waals surface area contributed by atoms with Gasteiger partial charge in [0.25, 0.3) is 0 Å². The Morgan fingerprint density at radius 3 is 2.58 bits per heavy atom. The summed E-state index contributed by atoms with van der Waals surface area (Å²) in [6, 6.07) is 8.72. The summed E-state index contributed by atoms with van der Waals surface area (Å²) in [6.45, 7) is -0.160. The van der Waals surface area contributed by atoms with Crippen LogP contribution in [0.5, 0.6) is 23.0 Å². The lowest BCUT2D eigenvalue weighted by atomic mass is 9.90. The molecule has 136 valence electrons. The van der Waals surface area contributed by atoms with Gasteiger partial charge in [0.15, 0.2) is 23.0 Å². The van der Waals surface area contributed by atoms with Crippen molar-refractivity contribution in [2.45, 2.75) is 12.0 Å². The molecule has 1 aliphatic heterocycles. The van der Waals surface area contributed by atoms with E-state index < -0.39 is 6.10 Å². The van der Waals surface area contributed by atoms with Crippen LogP contribution in [0, 0.1) is 0 Å². The Morgan fingerprint density at radius 2 is 1.92 bits per heavy atom. The zero-order valence-electron chi connectivity index (χ0n) is 14.5. The fraction of sp³-hybridized carbons (Fsp3) is 0.250. The van der Waals surface area contributed by atoms with Crippen LogP contribution in [0.25, 0.3) is 6.08 Å². The van der Waals surface area contributed by atoms with Crippen molar-refractivity contribution in [3.63, 3.8) is 0 Å². The monoisotopic (exact) mass is 356 g/mol. The number of hydrogen-bond acceptors (Lipinski definition) is 6. The lowest BCUT2D eigenvalue weighted by Crippen LogP contribution is -2.13. The quantitative estimate of drug-likeness (QED) is 0.612. The van der Waals surface area contributed by atoms with Gasteiger partial charge in [-0.05, 0) is 41.5 Å². The van der Waals surface area contributed by atoms with Crippen LogP contribution < -0.4 is 14.2 Å². The van der Waals surface area contributed by atoms with E-state index in [-0.39, 0.29) is 18.3 Å². The largest absolute Gasteiger partial charge is 0.504 e. The number of carbonyl (C=O) groups is 1. The molecule has 0 radical (unpaired) electrons. The summed E-state index contributed by atoms with van der Waals surface area (Å²) in [5, 5.41) is 20.2.